The fourth-order valence-corrected chi connectivity index (χ4v) is 4.08. The van der Waals surface area contributed by atoms with Crippen LogP contribution in [0.2, 0.25) is 10.0 Å². The Labute approximate surface area is 220 Å². The molecule has 0 aliphatic carbocycles. The average Bonchev–Trinajstić information content (AvgIpc) is 2.87. The van der Waals surface area contributed by atoms with Crippen LogP contribution in [-0.2, 0) is 16.0 Å². The van der Waals surface area contributed by atoms with Crippen molar-refractivity contribution < 1.29 is 23.9 Å². The molecule has 0 atom stereocenters. The maximum absolute atomic E-state index is 13.0. The summed E-state index contributed by atoms with van der Waals surface area (Å²) in [6.07, 6.45) is 2.51. The molecular formula is C24H16Cl2N6O5. The van der Waals surface area contributed by atoms with Crippen LogP contribution in [0.5, 0.6) is 11.5 Å². The first-order valence-corrected chi connectivity index (χ1v) is 11.3. The molecule has 186 valence electrons. The van der Waals surface area contributed by atoms with E-state index in [1.165, 1.54) is 18.2 Å². The highest BCUT2D eigenvalue weighted by Crippen LogP contribution is 2.39. The van der Waals surface area contributed by atoms with Gasteiger partial charge in [0.2, 0.25) is 5.71 Å². The van der Waals surface area contributed by atoms with Crippen molar-refractivity contribution in [2.75, 3.05) is 16.9 Å². The fourth-order valence-electron chi connectivity index (χ4n) is 3.51. The molecule has 0 unspecified atom stereocenters. The van der Waals surface area contributed by atoms with Crippen molar-refractivity contribution in [3.63, 3.8) is 0 Å². The van der Waals surface area contributed by atoms with E-state index in [-0.39, 0.29) is 27.4 Å². The van der Waals surface area contributed by atoms with Gasteiger partial charge in [0.25, 0.3) is 5.91 Å². The Morgan fingerprint density at radius 1 is 1.14 bits per heavy atom. The summed E-state index contributed by atoms with van der Waals surface area (Å²) in [6, 6.07) is 12.9. The summed E-state index contributed by atoms with van der Waals surface area (Å²) in [5.41, 5.74) is 8.80. The lowest BCUT2D eigenvalue weighted by Gasteiger charge is -2.28. The third kappa shape index (κ3) is 5.78. The molecule has 2 heterocycles. The number of ether oxygens (including phenoxy) is 2. The number of halogens is 2. The number of pyridine rings is 1. The van der Waals surface area contributed by atoms with Gasteiger partial charge in [-0.1, -0.05) is 23.2 Å². The van der Waals surface area contributed by atoms with E-state index in [2.05, 4.69) is 20.2 Å². The van der Waals surface area contributed by atoms with E-state index in [1.54, 1.807) is 47.6 Å². The third-order valence-corrected chi connectivity index (χ3v) is 5.70. The van der Waals surface area contributed by atoms with Crippen molar-refractivity contribution in [3.8, 4) is 17.6 Å². The topological polar surface area (TPSA) is 160 Å². The predicted octanol–water partition coefficient (Wildman–Crippen LogP) is 4.30. The SMILES string of the molecule is N#CC(=NNc1cc(Cl)c(Oc2ccc3c(c2)CCN(c2ccncc2)C3=O)c(Cl)c1)C(=O)OC(N)=O. The number of nitriles is 1. The zero-order valence-electron chi connectivity index (χ0n) is 18.8. The van der Waals surface area contributed by atoms with Gasteiger partial charge in [0.15, 0.2) is 5.75 Å². The first kappa shape index (κ1) is 25.4. The highest BCUT2D eigenvalue weighted by atomic mass is 35.5. The Hall–Kier alpha value is -4.66. The molecule has 0 saturated heterocycles. The Balaban J connectivity index is 1.50. The number of amides is 2. The number of carbonyl (C=O) groups is 3. The van der Waals surface area contributed by atoms with E-state index >= 15 is 0 Å². The third-order valence-electron chi connectivity index (χ3n) is 5.14. The number of carbonyl (C=O) groups excluding carboxylic acids is 3. The van der Waals surface area contributed by atoms with E-state index in [1.807, 2.05) is 0 Å². The smallest absolute Gasteiger partial charge is 0.412 e. The van der Waals surface area contributed by atoms with Gasteiger partial charge in [0, 0.05) is 30.2 Å². The molecule has 2 aromatic carbocycles. The predicted molar refractivity (Wildman–Crippen MR) is 135 cm³/mol. The summed E-state index contributed by atoms with van der Waals surface area (Å²) in [5, 5.41) is 12.8. The van der Waals surface area contributed by atoms with Crippen LogP contribution in [0.3, 0.4) is 0 Å². The molecule has 2 amide bonds. The van der Waals surface area contributed by atoms with Crippen molar-refractivity contribution >= 4 is 58.3 Å². The van der Waals surface area contributed by atoms with E-state index < -0.39 is 17.8 Å². The minimum atomic E-state index is -1.38. The van der Waals surface area contributed by atoms with Gasteiger partial charge in [0.05, 0.1) is 15.7 Å². The molecule has 11 nitrogen and oxygen atoms in total. The maximum Gasteiger partial charge on any atom is 0.412 e. The number of primary amides is 1. The van der Waals surface area contributed by atoms with Crippen molar-refractivity contribution in [1.29, 1.82) is 5.26 Å². The molecule has 1 aliphatic rings. The maximum atomic E-state index is 13.0. The number of nitrogens with zero attached hydrogens (tertiary/aromatic N) is 4. The zero-order chi connectivity index (χ0) is 26.5. The Bertz CT molecular complexity index is 1450. The molecule has 3 N–H and O–H groups in total. The van der Waals surface area contributed by atoms with Gasteiger partial charge in [-0.2, -0.15) is 10.4 Å². The van der Waals surface area contributed by atoms with Crippen molar-refractivity contribution in [3.05, 3.63) is 76.0 Å². The lowest BCUT2D eigenvalue weighted by Crippen LogP contribution is -2.37. The lowest BCUT2D eigenvalue weighted by atomic mass is 9.98. The largest absolute Gasteiger partial charge is 0.454 e. The van der Waals surface area contributed by atoms with Crippen LogP contribution in [0.25, 0.3) is 0 Å². The number of benzene rings is 2. The van der Waals surface area contributed by atoms with E-state index in [4.69, 9.17) is 38.9 Å². The number of hydrazone groups is 1. The van der Waals surface area contributed by atoms with Crippen LogP contribution in [0.1, 0.15) is 15.9 Å². The molecule has 4 rings (SSSR count). The number of esters is 1. The zero-order valence-corrected chi connectivity index (χ0v) is 20.3. The summed E-state index contributed by atoms with van der Waals surface area (Å²) < 4.78 is 10.0. The first-order chi connectivity index (χ1) is 17.8. The van der Waals surface area contributed by atoms with Gasteiger partial charge in [-0.15, -0.1) is 0 Å². The van der Waals surface area contributed by atoms with Gasteiger partial charge in [0.1, 0.15) is 11.8 Å². The first-order valence-electron chi connectivity index (χ1n) is 10.5. The number of nitrogens with two attached hydrogens (primary N) is 1. The minimum absolute atomic E-state index is 0.0982. The van der Waals surface area contributed by atoms with E-state index in [9.17, 15) is 14.4 Å². The average molecular weight is 539 g/mol. The second-order valence-corrected chi connectivity index (χ2v) is 8.31. The van der Waals surface area contributed by atoms with Gasteiger partial charge >= 0.3 is 12.1 Å². The molecule has 0 fully saturated rings. The van der Waals surface area contributed by atoms with Gasteiger partial charge in [-0.05, 0) is 54.4 Å². The molecule has 0 radical (unpaired) electrons. The molecule has 37 heavy (non-hydrogen) atoms. The van der Waals surface area contributed by atoms with E-state index in [0.717, 1.165) is 11.3 Å². The summed E-state index contributed by atoms with van der Waals surface area (Å²) in [4.78, 5) is 40.9. The standard InChI is InChI=1S/C24H16Cl2N6O5/c25-18-10-14(30-31-20(12-27)23(34)37-24(28)35)11-19(26)21(18)36-16-1-2-17-13(9-16)5-8-32(22(17)33)15-3-6-29-7-4-15/h1-4,6-7,9-11,30H,5,8H2,(H2,28,35). The number of hydrogen-bond acceptors (Lipinski definition) is 9. The number of anilines is 2. The van der Waals surface area contributed by atoms with Crippen molar-refractivity contribution in [1.82, 2.24) is 4.98 Å². The number of hydrogen-bond donors (Lipinski definition) is 2. The molecular weight excluding hydrogens is 523 g/mol. The molecule has 0 spiro atoms. The van der Waals surface area contributed by atoms with Crippen LogP contribution in [0.4, 0.5) is 16.2 Å². The molecule has 0 bridgehead atoms. The van der Waals surface area contributed by atoms with Crippen molar-refractivity contribution in [2.24, 2.45) is 10.8 Å². The number of aromatic nitrogens is 1. The minimum Gasteiger partial charge on any atom is -0.454 e. The fraction of sp³-hybridized carbons (Fsp3) is 0.0833. The van der Waals surface area contributed by atoms with E-state index in [0.29, 0.717) is 24.3 Å². The Morgan fingerprint density at radius 3 is 2.49 bits per heavy atom. The number of fused-ring (bicyclic) bond motifs is 1. The molecule has 1 aliphatic heterocycles. The van der Waals surface area contributed by atoms with Gasteiger partial charge in [-0.25, -0.2) is 9.59 Å². The normalized spacial score (nSPS) is 12.8. The summed E-state index contributed by atoms with van der Waals surface area (Å²) in [7, 11) is 0. The molecule has 1 aromatic heterocycles. The highest BCUT2D eigenvalue weighted by Gasteiger charge is 2.26. The van der Waals surface area contributed by atoms with Crippen LogP contribution in [0, 0.1) is 11.3 Å². The second kappa shape index (κ2) is 10.9. The molecule has 0 saturated carbocycles. The quantitative estimate of drug-likeness (QED) is 0.203. The molecule has 13 heteroatoms. The van der Waals surface area contributed by atoms with Crippen LogP contribution >= 0.6 is 23.2 Å². The van der Waals surface area contributed by atoms with Crippen molar-refractivity contribution in [2.45, 2.75) is 6.42 Å². The summed E-state index contributed by atoms with van der Waals surface area (Å²) >= 11 is 12.7. The number of nitrogens with one attached hydrogen (secondary N) is 1. The lowest BCUT2D eigenvalue weighted by molar-refractivity contribution is -0.129. The Morgan fingerprint density at radius 2 is 1.84 bits per heavy atom. The van der Waals surface area contributed by atoms with Gasteiger partial charge in [-0.3, -0.25) is 15.2 Å². The number of rotatable bonds is 6. The summed E-state index contributed by atoms with van der Waals surface area (Å²) in [5.74, 6) is -0.878. The monoisotopic (exact) mass is 538 g/mol. The second-order valence-electron chi connectivity index (χ2n) is 7.49. The van der Waals surface area contributed by atoms with Crippen LogP contribution in [0.15, 0.2) is 60.0 Å². The molecule has 3 aromatic rings. The highest BCUT2D eigenvalue weighted by molar-refractivity contribution is 6.44. The summed E-state index contributed by atoms with van der Waals surface area (Å²) in [6.45, 7) is 0.499. The Kier molecular flexibility index (Phi) is 7.52. The van der Waals surface area contributed by atoms with Crippen LogP contribution < -0.4 is 20.8 Å². The van der Waals surface area contributed by atoms with Crippen LogP contribution in [-0.4, -0.2) is 35.2 Å². The van der Waals surface area contributed by atoms with Gasteiger partial charge < -0.3 is 20.1 Å².